The second kappa shape index (κ2) is 6.95. The molecule has 3 heteroatoms. The van der Waals surface area contributed by atoms with E-state index in [2.05, 4.69) is 24.1 Å². The van der Waals surface area contributed by atoms with Crippen molar-refractivity contribution in [3.8, 4) is 0 Å². The molecule has 2 heterocycles. The lowest BCUT2D eigenvalue weighted by atomic mass is 9.90. The molecule has 0 radical (unpaired) electrons. The van der Waals surface area contributed by atoms with Crippen LogP contribution in [-0.2, 0) is 6.54 Å². The van der Waals surface area contributed by atoms with Gasteiger partial charge in [-0.25, -0.2) is 0 Å². The minimum Gasteiger partial charge on any atom is -0.468 e. The predicted octanol–water partition coefficient (Wildman–Crippen LogP) is 2.88. The van der Waals surface area contributed by atoms with E-state index in [4.69, 9.17) is 4.42 Å². The topological polar surface area (TPSA) is 28.4 Å². The summed E-state index contributed by atoms with van der Waals surface area (Å²) in [5, 5.41) is 3.59. The zero-order chi connectivity index (χ0) is 12.8. The second-order valence-corrected chi connectivity index (χ2v) is 5.43. The number of rotatable bonds is 6. The van der Waals surface area contributed by atoms with Crippen LogP contribution >= 0.6 is 0 Å². The van der Waals surface area contributed by atoms with Crippen molar-refractivity contribution in [1.82, 2.24) is 10.2 Å². The van der Waals surface area contributed by atoms with Crippen LogP contribution in [0.5, 0.6) is 0 Å². The summed E-state index contributed by atoms with van der Waals surface area (Å²) in [6.45, 7) is 9.23. The molecule has 3 nitrogen and oxygen atoms in total. The molecule has 102 valence electrons. The summed E-state index contributed by atoms with van der Waals surface area (Å²) >= 11 is 0. The Morgan fingerprint density at radius 3 is 2.83 bits per heavy atom. The number of likely N-dealkylation sites (tertiary alicyclic amines) is 1. The van der Waals surface area contributed by atoms with Gasteiger partial charge in [-0.1, -0.05) is 6.92 Å². The fourth-order valence-corrected chi connectivity index (χ4v) is 2.83. The number of hydrogen-bond donors (Lipinski definition) is 1. The summed E-state index contributed by atoms with van der Waals surface area (Å²) in [5.74, 6) is 1.85. The van der Waals surface area contributed by atoms with Crippen LogP contribution in [0.1, 0.15) is 38.9 Å². The molecule has 1 N–H and O–H groups in total. The van der Waals surface area contributed by atoms with Crippen molar-refractivity contribution >= 4 is 0 Å². The average molecular weight is 250 g/mol. The van der Waals surface area contributed by atoms with Gasteiger partial charge >= 0.3 is 0 Å². The van der Waals surface area contributed by atoms with E-state index in [0.717, 1.165) is 18.2 Å². The van der Waals surface area contributed by atoms with Gasteiger partial charge < -0.3 is 14.6 Å². The van der Waals surface area contributed by atoms with E-state index in [9.17, 15) is 0 Å². The van der Waals surface area contributed by atoms with Gasteiger partial charge in [0.1, 0.15) is 5.76 Å². The summed E-state index contributed by atoms with van der Waals surface area (Å²) in [6.07, 6.45) is 5.67. The third-order valence-electron chi connectivity index (χ3n) is 4.06. The number of hydrogen-bond acceptors (Lipinski definition) is 3. The fraction of sp³-hybridized carbons (Fsp3) is 0.733. The minimum atomic E-state index is 0.582. The summed E-state index contributed by atoms with van der Waals surface area (Å²) in [5.41, 5.74) is 0. The van der Waals surface area contributed by atoms with E-state index in [0.29, 0.717) is 6.04 Å². The molecule has 1 aromatic heterocycles. The Kier molecular flexibility index (Phi) is 5.26. The number of nitrogens with one attached hydrogen (secondary N) is 1. The Bertz CT molecular complexity index is 315. The molecule has 1 aromatic rings. The highest BCUT2D eigenvalue weighted by atomic mass is 16.3. The molecule has 1 fully saturated rings. The molecule has 18 heavy (non-hydrogen) atoms. The maximum atomic E-state index is 5.35. The lowest BCUT2D eigenvalue weighted by molar-refractivity contribution is 0.161. The molecular formula is C15H26N2O. The maximum Gasteiger partial charge on any atom is 0.117 e. The first-order valence-electron chi connectivity index (χ1n) is 7.27. The highest BCUT2D eigenvalue weighted by Crippen LogP contribution is 2.21. The third kappa shape index (κ3) is 3.85. The van der Waals surface area contributed by atoms with E-state index < -0.39 is 0 Å². The molecular weight excluding hydrogens is 224 g/mol. The van der Waals surface area contributed by atoms with E-state index in [1.807, 2.05) is 12.1 Å². The van der Waals surface area contributed by atoms with E-state index in [-0.39, 0.29) is 0 Å². The minimum absolute atomic E-state index is 0.582. The predicted molar refractivity (Wildman–Crippen MR) is 74.5 cm³/mol. The van der Waals surface area contributed by atoms with Gasteiger partial charge in [0.25, 0.3) is 0 Å². The highest BCUT2D eigenvalue weighted by molar-refractivity contribution is 4.98. The SMILES string of the molecule is CCCN1CCC(C(C)NCc2ccco2)CC1. The van der Waals surface area contributed by atoms with Crippen molar-refractivity contribution in [2.75, 3.05) is 19.6 Å². The van der Waals surface area contributed by atoms with Crippen LogP contribution in [0.2, 0.25) is 0 Å². The van der Waals surface area contributed by atoms with Gasteiger partial charge in [-0.05, 0) is 63.9 Å². The zero-order valence-corrected chi connectivity index (χ0v) is 11.7. The molecule has 1 atom stereocenters. The molecule has 0 aromatic carbocycles. The lowest BCUT2D eigenvalue weighted by Crippen LogP contribution is -2.41. The van der Waals surface area contributed by atoms with Crippen LogP contribution in [0.15, 0.2) is 22.8 Å². The summed E-state index contributed by atoms with van der Waals surface area (Å²) in [6, 6.07) is 4.56. The molecule has 0 bridgehead atoms. The molecule has 1 unspecified atom stereocenters. The molecule has 1 saturated heterocycles. The standard InChI is InChI=1S/C15H26N2O/c1-3-8-17-9-6-14(7-10-17)13(2)16-12-15-5-4-11-18-15/h4-5,11,13-14,16H,3,6-10,12H2,1-2H3. The normalized spacial score (nSPS) is 20.1. The van der Waals surface area contributed by atoms with Crippen molar-refractivity contribution in [1.29, 1.82) is 0 Å². The van der Waals surface area contributed by atoms with Gasteiger partial charge in [0, 0.05) is 6.04 Å². The van der Waals surface area contributed by atoms with Crippen LogP contribution in [-0.4, -0.2) is 30.6 Å². The first-order chi connectivity index (χ1) is 8.79. The Morgan fingerprint density at radius 1 is 1.44 bits per heavy atom. The van der Waals surface area contributed by atoms with E-state index >= 15 is 0 Å². The summed E-state index contributed by atoms with van der Waals surface area (Å²) in [7, 11) is 0. The van der Waals surface area contributed by atoms with Gasteiger partial charge in [-0.3, -0.25) is 0 Å². The third-order valence-corrected chi connectivity index (χ3v) is 4.06. The summed E-state index contributed by atoms with van der Waals surface area (Å²) < 4.78 is 5.35. The molecule has 1 aliphatic rings. The number of piperidine rings is 1. The summed E-state index contributed by atoms with van der Waals surface area (Å²) in [4.78, 5) is 2.59. The second-order valence-electron chi connectivity index (χ2n) is 5.43. The Hall–Kier alpha value is -0.800. The Morgan fingerprint density at radius 2 is 2.22 bits per heavy atom. The van der Waals surface area contributed by atoms with Gasteiger partial charge in [0.2, 0.25) is 0 Å². The van der Waals surface area contributed by atoms with E-state index in [1.54, 1.807) is 6.26 Å². The molecule has 0 amide bonds. The van der Waals surface area contributed by atoms with Crippen LogP contribution in [0.4, 0.5) is 0 Å². The van der Waals surface area contributed by atoms with Crippen LogP contribution in [0.3, 0.4) is 0 Å². The maximum absolute atomic E-state index is 5.35. The van der Waals surface area contributed by atoms with Crippen LogP contribution in [0.25, 0.3) is 0 Å². The Labute approximate surface area is 111 Å². The lowest BCUT2D eigenvalue weighted by Gasteiger charge is -2.35. The van der Waals surface area contributed by atoms with E-state index in [1.165, 1.54) is 38.9 Å². The van der Waals surface area contributed by atoms with Crippen molar-refractivity contribution < 1.29 is 4.42 Å². The monoisotopic (exact) mass is 250 g/mol. The van der Waals surface area contributed by atoms with Gasteiger partial charge in [0.05, 0.1) is 12.8 Å². The quantitative estimate of drug-likeness (QED) is 0.841. The van der Waals surface area contributed by atoms with Crippen LogP contribution < -0.4 is 5.32 Å². The van der Waals surface area contributed by atoms with Gasteiger partial charge in [-0.15, -0.1) is 0 Å². The molecule has 1 aliphatic heterocycles. The average Bonchev–Trinajstić information content (AvgIpc) is 2.90. The smallest absolute Gasteiger partial charge is 0.117 e. The van der Waals surface area contributed by atoms with Gasteiger partial charge in [0.15, 0.2) is 0 Å². The fourth-order valence-electron chi connectivity index (χ4n) is 2.83. The Balaban J connectivity index is 1.69. The van der Waals surface area contributed by atoms with Crippen molar-refractivity contribution in [3.05, 3.63) is 24.2 Å². The van der Waals surface area contributed by atoms with Crippen molar-refractivity contribution in [3.63, 3.8) is 0 Å². The van der Waals surface area contributed by atoms with Crippen LogP contribution in [0, 0.1) is 5.92 Å². The number of furan rings is 1. The van der Waals surface area contributed by atoms with Crippen molar-refractivity contribution in [2.24, 2.45) is 5.92 Å². The van der Waals surface area contributed by atoms with Gasteiger partial charge in [-0.2, -0.15) is 0 Å². The molecule has 0 saturated carbocycles. The first-order valence-corrected chi connectivity index (χ1v) is 7.27. The zero-order valence-electron chi connectivity index (χ0n) is 11.7. The molecule has 0 aliphatic carbocycles. The highest BCUT2D eigenvalue weighted by Gasteiger charge is 2.23. The van der Waals surface area contributed by atoms with Crippen molar-refractivity contribution in [2.45, 2.75) is 45.7 Å². The first kappa shape index (κ1) is 13.6. The number of nitrogens with zero attached hydrogens (tertiary/aromatic N) is 1. The molecule has 0 spiro atoms. The molecule has 2 rings (SSSR count). The largest absolute Gasteiger partial charge is 0.468 e.